The largest absolute Gasteiger partial charge is 0.382 e. The molecule has 0 fully saturated rings. The van der Waals surface area contributed by atoms with E-state index >= 15 is 0 Å². The molecule has 5 heteroatoms. The number of hydrogen-bond donors (Lipinski definition) is 3. The molecule has 4 N–H and O–H groups in total. The van der Waals surface area contributed by atoms with Crippen molar-refractivity contribution >= 4 is 21.8 Å². The van der Waals surface area contributed by atoms with E-state index in [2.05, 4.69) is 21.2 Å². The Morgan fingerprint density at radius 2 is 2.20 bits per heavy atom. The van der Waals surface area contributed by atoms with Crippen LogP contribution in [-0.4, -0.2) is 23.7 Å². The summed E-state index contributed by atoms with van der Waals surface area (Å²) in [4.78, 5) is 11.2. The molecule has 1 unspecified atom stereocenters. The first-order valence-electron chi connectivity index (χ1n) is 4.54. The molecule has 1 atom stereocenters. The zero-order chi connectivity index (χ0) is 11.3. The van der Waals surface area contributed by atoms with Gasteiger partial charge in [0.25, 0.3) is 0 Å². The van der Waals surface area contributed by atoms with Crippen molar-refractivity contribution in [1.29, 1.82) is 0 Å². The second-order valence-corrected chi connectivity index (χ2v) is 3.92. The van der Waals surface area contributed by atoms with E-state index in [0.717, 1.165) is 10.0 Å². The summed E-state index contributed by atoms with van der Waals surface area (Å²) in [6.45, 7) is 0.305. The standard InChI is InChI=1S/C10H13BrN2O2/c11-8-4-2-1-3-7(8)6-13-10(15)9(14)5-12/h1-4,9,14H,5-6,12H2,(H,13,15). The number of aliphatic hydroxyl groups is 1. The molecule has 0 aromatic heterocycles. The fourth-order valence-corrected chi connectivity index (χ4v) is 1.47. The van der Waals surface area contributed by atoms with Crippen molar-refractivity contribution in [2.24, 2.45) is 5.73 Å². The van der Waals surface area contributed by atoms with Crippen molar-refractivity contribution in [3.63, 3.8) is 0 Å². The second-order valence-electron chi connectivity index (χ2n) is 3.06. The molecule has 0 radical (unpaired) electrons. The first-order valence-corrected chi connectivity index (χ1v) is 5.33. The van der Waals surface area contributed by atoms with Gasteiger partial charge in [0, 0.05) is 17.6 Å². The van der Waals surface area contributed by atoms with Gasteiger partial charge >= 0.3 is 0 Å². The van der Waals surface area contributed by atoms with Crippen molar-refractivity contribution in [1.82, 2.24) is 5.32 Å². The molecule has 0 heterocycles. The van der Waals surface area contributed by atoms with Gasteiger partial charge in [-0.25, -0.2) is 0 Å². The third-order valence-electron chi connectivity index (χ3n) is 1.94. The van der Waals surface area contributed by atoms with Gasteiger partial charge in [-0.2, -0.15) is 0 Å². The molecule has 15 heavy (non-hydrogen) atoms. The lowest BCUT2D eigenvalue weighted by atomic mass is 10.2. The Hall–Kier alpha value is -0.910. The Labute approximate surface area is 96.6 Å². The smallest absolute Gasteiger partial charge is 0.250 e. The molecule has 1 amide bonds. The fraction of sp³-hybridized carbons (Fsp3) is 0.300. The molecule has 0 spiro atoms. The predicted octanol–water partition coefficient (Wildman–Crippen LogP) is 0.385. The van der Waals surface area contributed by atoms with E-state index in [1.165, 1.54) is 0 Å². The fourth-order valence-electron chi connectivity index (χ4n) is 1.05. The SMILES string of the molecule is NCC(O)C(=O)NCc1ccccc1Br. The molecule has 1 rings (SSSR count). The molecule has 0 aliphatic carbocycles. The normalized spacial score (nSPS) is 12.2. The number of halogens is 1. The van der Waals surface area contributed by atoms with Crippen LogP contribution in [0.3, 0.4) is 0 Å². The molecule has 0 bridgehead atoms. The van der Waals surface area contributed by atoms with E-state index < -0.39 is 12.0 Å². The maximum Gasteiger partial charge on any atom is 0.250 e. The van der Waals surface area contributed by atoms with Crippen molar-refractivity contribution in [2.45, 2.75) is 12.6 Å². The molecule has 1 aromatic carbocycles. The Bertz CT molecular complexity index is 344. The number of hydrogen-bond acceptors (Lipinski definition) is 3. The number of nitrogens with two attached hydrogens (primary N) is 1. The van der Waals surface area contributed by atoms with E-state index in [4.69, 9.17) is 10.8 Å². The number of carbonyl (C=O) groups excluding carboxylic acids is 1. The number of rotatable bonds is 4. The van der Waals surface area contributed by atoms with E-state index in [-0.39, 0.29) is 6.54 Å². The van der Waals surface area contributed by atoms with Gasteiger partial charge in [0.15, 0.2) is 0 Å². The van der Waals surface area contributed by atoms with Crippen molar-refractivity contribution in [3.05, 3.63) is 34.3 Å². The summed E-state index contributed by atoms with van der Waals surface area (Å²) in [5.41, 5.74) is 6.11. The highest BCUT2D eigenvalue weighted by Gasteiger charge is 2.12. The molecule has 0 saturated heterocycles. The molecule has 1 aromatic rings. The maximum absolute atomic E-state index is 11.2. The minimum Gasteiger partial charge on any atom is -0.382 e. The summed E-state index contributed by atoms with van der Waals surface area (Å²) < 4.78 is 0.924. The van der Waals surface area contributed by atoms with Crippen LogP contribution >= 0.6 is 15.9 Å². The van der Waals surface area contributed by atoms with E-state index in [1.54, 1.807) is 0 Å². The van der Waals surface area contributed by atoms with Crippen LogP contribution in [0.15, 0.2) is 28.7 Å². The minimum atomic E-state index is -1.13. The lowest BCUT2D eigenvalue weighted by Crippen LogP contribution is -2.38. The van der Waals surface area contributed by atoms with Gasteiger partial charge in [0.2, 0.25) is 5.91 Å². The first kappa shape index (κ1) is 12.2. The highest BCUT2D eigenvalue weighted by molar-refractivity contribution is 9.10. The zero-order valence-electron chi connectivity index (χ0n) is 8.11. The third kappa shape index (κ3) is 3.62. The molecule has 4 nitrogen and oxygen atoms in total. The third-order valence-corrected chi connectivity index (χ3v) is 2.71. The maximum atomic E-state index is 11.2. The van der Waals surface area contributed by atoms with Crippen LogP contribution in [-0.2, 0) is 11.3 Å². The van der Waals surface area contributed by atoms with Crippen LogP contribution in [0.4, 0.5) is 0 Å². The summed E-state index contributed by atoms with van der Waals surface area (Å²) in [7, 11) is 0. The van der Waals surface area contributed by atoms with E-state index in [9.17, 15) is 4.79 Å². The summed E-state index contributed by atoms with van der Waals surface area (Å²) in [5, 5.41) is 11.7. The monoisotopic (exact) mass is 272 g/mol. The first-order chi connectivity index (χ1) is 7.15. The van der Waals surface area contributed by atoms with Gasteiger partial charge in [0.1, 0.15) is 6.10 Å². The van der Waals surface area contributed by atoms with Crippen LogP contribution in [0.25, 0.3) is 0 Å². The molecular formula is C10H13BrN2O2. The quantitative estimate of drug-likeness (QED) is 0.742. The summed E-state index contributed by atoms with van der Waals surface area (Å²) in [5.74, 6) is -0.451. The summed E-state index contributed by atoms with van der Waals surface area (Å²) in [6, 6.07) is 7.55. The number of benzene rings is 1. The Kier molecular flexibility index (Phi) is 4.74. The Morgan fingerprint density at radius 1 is 1.53 bits per heavy atom. The van der Waals surface area contributed by atoms with E-state index in [0.29, 0.717) is 6.54 Å². The minimum absolute atomic E-state index is 0.0677. The Balaban J connectivity index is 2.51. The van der Waals surface area contributed by atoms with Gasteiger partial charge in [-0.05, 0) is 11.6 Å². The van der Waals surface area contributed by atoms with Crippen molar-refractivity contribution in [3.8, 4) is 0 Å². The summed E-state index contributed by atoms with van der Waals surface area (Å²) in [6.07, 6.45) is -1.13. The molecule has 0 saturated carbocycles. The highest BCUT2D eigenvalue weighted by atomic mass is 79.9. The Morgan fingerprint density at radius 3 is 2.80 bits per heavy atom. The van der Waals surface area contributed by atoms with Crippen LogP contribution in [0.1, 0.15) is 5.56 Å². The second kappa shape index (κ2) is 5.85. The lowest BCUT2D eigenvalue weighted by Gasteiger charge is -2.09. The molecular weight excluding hydrogens is 260 g/mol. The average Bonchev–Trinajstić information content (AvgIpc) is 2.26. The van der Waals surface area contributed by atoms with Gasteiger partial charge < -0.3 is 16.2 Å². The molecule has 0 aliphatic rings. The number of amides is 1. The van der Waals surface area contributed by atoms with Gasteiger partial charge in [-0.15, -0.1) is 0 Å². The van der Waals surface area contributed by atoms with Crippen LogP contribution in [0.2, 0.25) is 0 Å². The van der Waals surface area contributed by atoms with Crippen molar-refractivity contribution in [2.75, 3.05) is 6.54 Å². The van der Waals surface area contributed by atoms with Gasteiger partial charge in [0.05, 0.1) is 0 Å². The van der Waals surface area contributed by atoms with Crippen LogP contribution in [0, 0.1) is 0 Å². The van der Waals surface area contributed by atoms with Crippen molar-refractivity contribution < 1.29 is 9.90 Å². The lowest BCUT2D eigenvalue weighted by molar-refractivity contribution is -0.128. The van der Waals surface area contributed by atoms with Gasteiger partial charge in [-0.3, -0.25) is 4.79 Å². The topological polar surface area (TPSA) is 75.3 Å². The van der Waals surface area contributed by atoms with E-state index in [1.807, 2.05) is 24.3 Å². The predicted molar refractivity (Wildman–Crippen MR) is 61.0 cm³/mol. The van der Waals surface area contributed by atoms with Gasteiger partial charge in [-0.1, -0.05) is 34.1 Å². The zero-order valence-corrected chi connectivity index (χ0v) is 9.70. The number of aliphatic hydroxyl groups excluding tert-OH is 1. The number of carbonyl (C=O) groups is 1. The highest BCUT2D eigenvalue weighted by Crippen LogP contribution is 2.15. The molecule has 82 valence electrons. The summed E-state index contributed by atoms with van der Waals surface area (Å²) >= 11 is 3.36. The van der Waals surface area contributed by atoms with Crippen LogP contribution < -0.4 is 11.1 Å². The molecule has 0 aliphatic heterocycles. The number of nitrogens with one attached hydrogen (secondary N) is 1. The van der Waals surface area contributed by atoms with Crippen LogP contribution in [0.5, 0.6) is 0 Å². The average molecular weight is 273 g/mol.